The van der Waals surface area contributed by atoms with Gasteiger partial charge in [-0.2, -0.15) is 0 Å². The molecule has 244 valence electrons. The van der Waals surface area contributed by atoms with Gasteiger partial charge in [0.15, 0.2) is 5.78 Å². The molecule has 0 saturated carbocycles. The third-order valence-corrected chi connectivity index (χ3v) is 6.66. The van der Waals surface area contributed by atoms with Crippen molar-refractivity contribution < 1.29 is 57.4 Å². The van der Waals surface area contributed by atoms with Crippen LogP contribution in [0.15, 0.2) is 12.2 Å². The highest BCUT2D eigenvalue weighted by atomic mass is 16.7. The molecule has 1 saturated heterocycles. The highest BCUT2D eigenvalue weighted by Gasteiger charge is 2.34. The van der Waals surface area contributed by atoms with Crippen LogP contribution in [-0.2, 0) is 57.4 Å². The second-order valence-corrected chi connectivity index (χ2v) is 10.3. The summed E-state index contributed by atoms with van der Waals surface area (Å²) in [5.74, 6) is -4.47. The van der Waals surface area contributed by atoms with E-state index < -0.39 is 41.4 Å². The van der Waals surface area contributed by atoms with Crippen molar-refractivity contribution in [2.45, 2.75) is 71.3 Å². The normalized spacial score (nSPS) is 16.0. The number of hydroxylamine groups is 2. The molecule has 2 aliphatic heterocycles. The Morgan fingerprint density at radius 1 is 0.773 bits per heavy atom. The number of ether oxygens (including phenoxy) is 3. The van der Waals surface area contributed by atoms with Crippen molar-refractivity contribution in [2.24, 2.45) is 5.92 Å². The van der Waals surface area contributed by atoms with E-state index in [0.29, 0.717) is 57.2 Å². The summed E-state index contributed by atoms with van der Waals surface area (Å²) in [4.78, 5) is 100. The van der Waals surface area contributed by atoms with Crippen molar-refractivity contribution in [1.29, 1.82) is 0 Å². The molecular formula is C29H41N3O12. The number of hydrogen-bond donors (Lipinski definition) is 1. The van der Waals surface area contributed by atoms with Crippen LogP contribution in [0.5, 0.6) is 0 Å². The molecule has 15 nitrogen and oxygen atoms in total. The summed E-state index contributed by atoms with van der Waals surface area (Å²) in [6.07, 6.45) is 3.81. The molecule has 5 amide bonds. The number of carbonyl (C=O) groups is 8. The van der Waals surface area contributed by atoms with Gasteiger partial charge in [-0.3, -0.25) is 38.5 Å². The standard InChI is InChI=1S/C29H41N3O12/c1-20(29(40)44-32-27(38)9-10-28(32)39)19-23(34)21(2)30-24(35)11-14-42-16-18-43-17-15-41-13-4-6-22(33)5-3-12-31-25(36)7-8-26(31)37/h7-8,20-21H,3-6,9-19H2,1-2H3,(H,30,35)/t20-,21+/m1/s1. The minimum Gasteiger partial charge on any atom is -0.379 e. The number of amides is 5. The van der Waals surface area contributed by atoms with Crippen LogP contribution in [0.1, 0.15) is 65.2 Å². The van der Waals surface area contributed by atoms with Gasteiger partial charge >= 0.3 is 5.97 Å². The number of imide groups is 2. The fourth-order valence-electron chi connectivity index (χ4n) is 4.08. The van der Waals surface area contributed by atoms with E-state index in [4.69, 9.17) is 19.0 Å². The smallest absolute Gasteiger partial charge is 0.336 e. The first-order chi connectivity index (χ1) is 21.0. The van der Waals surface area contributed by atoms with Gasteiger partial charge in [0.25, 0.3) is 23.6 Å². The number of hydrogen-bond acceptors (Lipinski definition) is 12. The van der Waals surface area contributed by atoms with Crippen LogP contribution in [-0.4, -0.2) is 109 Å². The summed E-state index contributed by atoms with van der Waals surface area (Å²) in [6, 6.07) is -0.856. The van der Waals surface area contributed by atoms with Crippen molar-refractivity contribution in [3.05, 3.63) is 12.2 Å². The molecule has 2 aliphatic rings. The highest BCUT2D eigenvalue weighted by molar-refractivity contribution is 6.12. The molecular weight excluding hydrogens is 582 g/mol. The number of nitrogens with one attached hydrogen (secondary N) is 1. The van der Waals surface area contributed by atoms with Crippen LogP contribution in [0.3, 0.4) is 0 Å². The number of nitrogens with zero attached hydrogens (tertiary/aromatic N) is 2. The molecule has 0 aliphatic carbocycles. The number of rotatable bonds is 23. The van der Waals surface area contributed by atoms with Gasteiger partial charge in [-0.15, -0.1) is 5.06 Å². The van der Waals surface area contributed by atoms with E-state index >= 15 is 0 Å². The quantitative estimate of drug-likeness (QED) is 0.120. The first-order valence-electron chi connectivity index (χ1n) is 14.7. The van der Waals surface area contributed by atoms with Crippen LogP contribution in [0.2, 0.25) is 0 Å². The lowest BCUT2D eigenvalue weighted by Gasteiger charge is -2.18. The predicted molar refractivity (Wildman–Crippen MR) is 150 cm³/mol. The van der Waals surface area contributed by atoms with Gasteiger partial charge in [-0.05, 0) is 19.8 Å². The molecule has 1 N–H and O–H groups in total. The maximum atomic E-state index is 12.4. The van der Waals surface area contributed by atoms with Crippen LogP contribution in [0.25, 0.3) is 0 Å². The van der Waals surface area contributed by atoms with Crippen molar-refractivity contribution >= 4 is 47.1 Å². The van der Waals surface area contributed by atoms with E-state index in [-0.39, 0.29) is 63.0 Å². The summed E-state index contributed by atoms with van der Waals surface area (Å²) in [5.41, 5.74) is 0. The Bertz CT molecular complexity index is 1070. The molecule has 0 aromatic carbocycles. The van der Waals surface area contributed by atoms with Gasteiger partial charge in [0, 0.05) is 63.8 Å². The predicted octanol–water partition coefficient (Wildman–Crippen LogP) is 0.188. The molecule has 0 bridgehead atoms. The average Bonchev–Trinajstić information content (AvgIpc) is 3.47. The fraction of sp³-hybridized carbons (Fsp3) is 0.655. The molecule has 1 fully saturated rings. The molecule has 0 radical (unpaired) electrons. The third kappa shape index (κ3) is 13.2. The monoisotopic (exact) mass is 623 g/mol. The van der Waals surface area contributed by atoms with Crippen molar-refractivity contribution in [1.82, 2.24) is 15.3 Å². The Balaban J connectivity index is 1.39. The van der Waals surface area contributed by atoms with Gasteiger partial charge in [-0.25, -0.2) is 4.79 Å². The first kappa shape index (κ1) is 36.4. The molecule has 44 heavy (non-hydrogen) atoms. The average molecular weight is 624 g/mol. The van der Waals surface area contributed by atoms with E-state index in [1.807, 2.05) is 0 Å². The van der Waals surface area contributed by atoms with Crippen LogP contribution in [0, 0.1) is 5.92 Å². The number of ketones is 2. The summed E-state index contributed by atoms with van der Waals surface area (Å²) in [6.45, 7) is 4.89. The van der Waals surface area contributed by atoms with E-state index in [1.54, 1.807) is 0 Å². The second-order valence-electron chi connectivity index (χ2n) is 10.3. The van der Waals surface area contributed by atoms with Crippen LogP contribution in [0.4, 0.5) is 0 Å². The van der Waals surface area contributed by atoms with Gasteiger partial charge in [0.2, 0.25) is 5.91 Å². The topological polar surface area (TPSA) is 192 Å². The van der Waals surface area contributed by atoms with Gasteiger partial charge < -0.3 is 24.4 Å². The Morgan fingerprint density at radius 2 is 1.32 bits per heavy atom. The molecule has 2 rings (SSSR count). The Morgan fingerprint density at radius 3 is 1.93 bits per heavy atom. The highest BCUT2D eigenvalue weighted by Crippen LogP contribution is 2.15. The Hall–Kier alpha value is -3.82. The molecule has 2 heterocycles. The zero-order valence-electron chi connectivity index (χ0n) is 25.2. The van der Waals surface area contributed by atoms with Crippen LogP contribution >= 0.6 is 0 Å². The lowest BCUT2D eigenvalue weighted by molar-refractivity contribution is -0.200. The molecule has 0 aromatic heterocycles. The van der Waals surface area contributed by atoms with Gasteiger partial charge in [-0.1, -0.05) is 6.92 Å². The molecule has 15 heteroatoms. The Kier molecular flexibility index (Phi) is 16.1. The largest absolute Gasteiger partial charge is 0.379 e. The molecule has 0 unspecified atom stereocenters. The fourth-order valence-corrected chi connectivity index (χ4v) is 4.08. The molecule has 0 aromatic rings. The van der Waals surface area contributed by atoms with E-state index in [1.165, 1.54) is 26.0 Å². The van der Waals surface area contributed by atoms with Crippen molar-refractivity contribution in [3.8, 4) is 0 Å². The summed E-state index contributed by atoms with van der Waals surface area (Å²) in [7, 11) is 0. The van der Waals surface area contributed by atoms with Gasteiger partial charge in [0.05, 0.1) is 45.0 Å². The van der Waals surface area contributed by atoms with E-state index in [9.17, 15) is 38.4 Å². The van der Waals surface area contributed by atoms with Gasteiger partial charge in [0.1, 0.15) is 5.78 Å². The summed E-state index contributed by atoms with van der Waals surface area (Å²) < 4.78 is 16.2. The van der Waals surface area contributed by atoms with Crippen LogP contribution < -0.4 is 5.32 Å². The third-order valence-electron chi connectivity index (χ3n) is 6.66. The van der Waals surface area contributed by atoms with E-state index in [0.717, 1.165) is 4.90 Å². The number of Topliss-reactive ketones (excluding diaryl/α,β-unsaturated/α-hetero) is 2. The number of carbonyl (C=O) groups excluding carboxylic acids is 8. The summed E-state index contributed by atoms with van der Waals surface area (Å²) >= 11 is 0. The van der Waals surface area contributed by atoms with Crippen molar-refractivity contribution in [2.75, 3.05) is 46.2 Å². The second kappa shape index (κ2) is 19.5. The maximum Gasteiger partial charge on any atom is 0.336 e. The first-order valence-corrected chi connectivity index (χ1v) is 14.7. The minimum atomic E-state index is -0.914. The minimum absolute atomic E-state index is 0.0158. The maximum absolute atomic E-state index is 12.4. The molecule has 0 spiro atoms. The zero-order chi connectivity index (χ0) is 32.5. The lowest BCUT2D eigenvalue weighted by Crippen LogP contribution is -2.40. The molecule has 2 atom stereocenters. The van der Waals surface area contributed by atoms with Crippen molar-refractivity contribution in [3.63, 3.8) is 0 Å². The van der Waals surface area contributed by atoms with E-state index in [2.05, 4.69) is 5.32 Å². The SMILES string of the molecule is C[C@H](CC(=O)[C@H](C)NC(=O)CCOCCOCCOCCCC(=O)CCCN1C(=O)C=CC1=O)C(=O)ON1C(=O)CCC1=O. The zero-order valence-corrected chi connectivity index (χ0v) is 25.2. The lowest BCUT2D eigenvalue weighted by atomic mass is 10.0. The Labute approximate surface area is 255 Å². The summed E-state index contributed by atoms with van der Waals surface area (Å²) in [5, 5.41) is 2.97.